The standard InChI is InChI=1S/C19H22N2S/c1-19(2,18-21-16(10-11-20)13-22-18)12-15-8-5-7-14-6-3-4-9-17(14)15/h3-9,13H,10-12,20H2,1-2H3. The Morgan fingerprint density at radius 1 is 1.09 bits per heavy atom. The van der Waals surface area contributed by atoms with Gasteiger partial charge in [0.2, 0.25) is 0 Å². The molecule has 0 atom stereocenters. The monoisotopic (exact) mass is 310 g/mol. The van der Waals surface area contributed by atoms with E-state index >= 15 is 0 Å². The highest BCUT2D eigenvalue weighted by atomic mass is 32.1. The molecule has 0 radical (unpaired) electrons. The van der Waals surface area contributed by atoms with Gasteiger partial charge in [0.05, 0.1) is 10.7 Å². The number of hydrogen-bond donors (Lipinski definition) is 1. The van der Waals surface area contributed by atoms with Crippen molar-refractivity contribution in [3.63, 3.8) is 0 Å². The number of rotatable bonds is 5. The molecule has 114 valence electrons. The molecule has 22 heavy (non-hydrogen) atoms. The summed E-state index contributed by atoms with van der Waals surface area (Å²) in [4.78, 5) is 4.79. The molecule has 0 fully saturated rings. The molecule has 0 aliphatic rings. The van der Waals surface area contributed by atoms with Crippen LogP contribution in [0.5, 0.6) is 0 Å². The quantitative estimate of drug-likeness (QED) is 0.762. The fourth-order valence-electron chi connectivity index (χ4n) is 2.88. The number of nitrogens with zero attached hydrogens (tertiary/aromatic N) is 1. The van der Waals surface area contributed by atoms with E-state index in [2.05, 4.69) is 61.7 Å². The minimum Gasteiger partial charge on any atom is -0.330 e. The summed E-state index contributed by atoms with van der Waals surface area (Å²) >= 11 is 1.75. The minimum atomic E-state index is 0.0294. The Balaban J connectivity index is 1.92. The summed E-state index contributed by atoms with van der Waals surface area (Å²) in [6, 6.07) is 15.2. The average molecular weight is 310 g/mol. The molecule has 2 N–H and O–H groups in total. The topological polar surface area (TPSA) is 38.9 Å². The minimum absolute atomic E-state index is 0.0294. The molecule has 1 heterocycles. The van der Waals surface area contributed by atoms with Crippen molar-refractivity contribution in [2.24, 2.45) is 5.73 Å². The Morgan fingerprint density at radius 3 is 2.68 bits per heavy atom. The molecule has 3 heteroatoms. The zero-order chi connectivity index (χ0) is 15.6. The van der Waals surface area contributed by atoms with Gasteiger partial charge in [-0.05, 0) is 29.3 Å². The number of fused-ring (bicyclic) bond motifs is 1. The molecule has 0 aliphatic carbocycles. The van der Waals surface area contributed by atoms with Crippen molar-refractivity contribution in [2.45, 2.75) is 32.1 Å². The van der Waals surface area contributed by atoms with E-state index in [1.807, 2.05) is 0 Å². The second-order valence-electron chi connectivity index (χ2n) is 6.38. The first kappa shape index (κ1) is 15.2. The van der Waals surface area contributed by atoms with Gasteiger partial charge in [0.25, 0.3) is 0 Å². The van der Waals surface area contributed by atoms with Crippen molar-refractivity contribution >= 4 is 22.1 Å². The summed E-state index contributed by atoms with van der Waals surface area (Å²) in [6.07, 6.45) is 1.85. The van der Waals surface area contributed by atoms with E-state index in [4.69, 9.17) is 10.7 Å². The SMILES string of the molecule is CC(C)(Cc1cccc2ccccc12)c1nc(CCN)cs1. The first-order valence-corrected chi connectivity index (χ1v) is 8.60. The lowest BCUT2D eigenvalue weighted by molar-refractivity contribution is 0.519. The molecule has 0 spiro atoms. The zero-order valence-corrected chi connectivity index (χ0v) is 14.0. The van der Waals surface area contributed by atoms with Gasteiger partial charge in [-0.2, -0.15) is 0 Å². The lowest BCUT2D eigenvalue weighted by Crippen LogP contribution is -2.20. The summed E-state index contributed by atoms with van der Waals surface area (Å²) in [5.41, 5.74) is 8.17. The van der Waals surface area contributed by atoms with Crippen LogP contribution in [0.1, 0.15) is 30.1 Å². The molecular formula is C19H22N2S. The van der Waals surface area contributed by atoms with Gasteiger partial charge in [-0.1, -0.05) is 56.3 Å². The van der Waals surface area contributed by atoms with Gasteiger partial charge in [0.1, 0.15) is 0 Å². The van der Waals surface area contributed by atoms with Crippen LogP contribution in [0.3, 0.4) is 0 Å². The van der Waals surface area contributed by atoms with E-state index in [1.165, 1.54) is 21.3 Å². The van der Waals surface area contributed by atoms with Crippen molar-refractivity contribution in [3.8, 4) is 0 Å². The van der Waals surface area contributed by atoms with E-state index in [-0.39, 0.29) is 5.41 Å². The van der Waals surface area contributed by atoms with Gasteiger partial charge < -0.3 is 5.73 Å². The van der Waals surface area contributed by atoms with Crippen LogP contribution in [0.4, 0.5) is 0 Å². The maximum absolute atomic E-state index is 5.63. The van der Waals surface area contributed by atoms with E-state index in [0.29, 0.717) is 6.54 Å². The van der Waals surface area contributed by atoms with Crippen molar-refractivity contribution in [3.05, 3.63) is 64.1 Å². The smallest absolute Gasteiger partial charge is 0.0987 e. The van der Waals surface area contributed by atoms with Crippen molar-refractivity contribution < 1.29 is 0 Å². The molecule has 2 nitrogen and oxygen atoms in total. The van der Waals surface area contributed by atoms with Gasteiger partial charge in [-0.3, -0.25) is 0 Å². The zero-order valence-electron chi connectivity index (χ0n) is 13.2. The maximum atomic E-state index is 5.63. The summed E-state index contributed by atoms with van der Waals surface area (Å²) in [5, 5.41) is 5.99. The highest BCUT2D eigenvalue weighted by molar-refractivity contribution is 7.09. The Labute approximate surface area is 136 Å². The van der Waals surface area contributed by atoms with E-state index < -0.39 is 0 Å². The summed E-state index contributed by atoms with van der Waals surface area (Å²) in [6.45, 7) is 5.21. The van der Waals surface area contributed by atoms with Crippen molar-refractivity contribution in [1.29, 1.82) is 0 Å². The molecule has 0 aliphatic heterocycles. The second-order valence-corrected chi connectivity index (χ2v) is 7.24. The number of hydrogen-bond acceptors (Lipinski definition) is 3. The predicted molar refractivity (Wildman–Crippen MR) is 95.6 cm³/mol. The Bertz CT molecular complexity index is 768. The third kappa shape index (κ3) is 3.06. The number of thiazole rings is 1. The predicted octanol–water partition coefficient (Wildman–Crippen LogP) is 4.32. The van der Waals surface area contributed by atoms with E-state index in [0.717, 1.165) is 18.5 Å². The molecular weight excluding hydrogens is 288 g/mol. The average Bonchev–Trinajstić information content (AvgIpc) is 2.97. The Hall–Kier alpha value is -1.71. The number of nitrogens with two attached hydrogens (primary N) is 1. The summed E-state index contributed by atoms with van der Waals surface area (Å²) in [5.74, 6) is 0. The molecule has 0 bridgehead atoms. The first-order chi connectivity index (χ1) is 10.6. The van der Waals surface area contributed by atoms with Crippen molar-refractivity contribution in [1.82, 2.24) is 4.98 Å². The molecule has 0 saturated carbocycles. The molecule has 3 aromatic rings. The molecule has 0 amide bonds. The lowest BCUT2D eigenvalue weighted by atomic mass is 9.84. The van der Waals surface area contributed by atoms with Crippen LogP contribution in [0.15, 0.2) is 47.8 Å². The maximum Gasteiger partial charge on any atom is 0.0987 e. The largest absolute Gasteiger partial charge is 0.330 e. The normalized spacial score (nSPS) is 12.0. The molecule has 0 unspecified atom stereocenters. The highest BCUT2D eigenvalue weighted by Gasteiger charge is 2.25. The van der Waals surface area contributed by atoms with Gasteiger partial charge in [-0.15, -0.1) is 11.3 Å². The van der Waals surface area contributed by atoms with Crippen LogP contribution < -0.4 is 5.73 Å². The van der Waals surface area contributed by atoms with Crippen LogP contribution in [-0.2, 0) is 18.3 Å². The molecule has 0 saturated heterocycles. The fourth-order valence-corrected chi connectivity index (χ4v) is 3.86. The van der Waals surface area contributed by atoms with E-state index in [9.17, 15) is 0 Å². The van der Waals surface area contributed by atoms with Crippen LogP contribution in [0.2, 0.25) is 0 Å². The van der Waals surface area contributed by atoms with E-state index in [1.54, 1.807) is 11.3 Å². The number of aromatic nitrogens is 1. The van der Waals surface area contributed by atoms with Crippen molar-refractivity contribution in [2.75, 3.05) is 6.54 Å². The molecule has 2 aromatic carbocycles. The van der Waals surface area contributed by atoms with Gasteiger partial charge in [0, 0.05) is 17.2 Å². The molecule has 3 rings (SSSR count). The van der Waals surface area contributed by atoms with Crippen LogP contribution in [0.25, 0.3) is 10.8 Å². The fraction of sp³-hybridized carbons (Fsp3) is 0.316. The van der Waals surface area contributed by atoms with Gasteiger partial charge in [-0.25, -0.2) is 4.98 Å². The van der Waals surface area contributed by atoms with Gasteiger partial charge >= 0.3 is 0 Å². The third-order valence-corrected chi connectivity index (χ3v) is 5.30. The highest BCUT2D eigenvalue weighted by Crippen LogP contribution is 2.32. The van der Waals surface area contributed by atoms with Crippen LogP contribution in [-0.4, -0.2) is 11.5 Å². The second kappa shape index (κ2) is 6.19. The van der Waals surface area contributed by atoms with Crippen LogP contribution in [0, 0.1) is 0 Å². The van der Waals surface area contributed by atoms with Gasteiger partial charge in [0.15, 0.2) is 0 Å². The number of benzene rings is 2. The van der Waals surface area contributed by atoms with Crippen LogP contribution >= 0.6 is 11.3 Å². The Morgan fingerprint density at radius 2 is 1.86 bits per heavy atom. The first-order valence-electron chi connectivity index (χ1n) is 7.72. The summed E-state index contributed by atoms with van der Waals surface area (Å²) in [7, 11) is 0. The lowest BCUT2D eigenvalue weighted by Gasteiger charge is -2.23. The summed E-state index contributed by atoms with van der Waals surface area (Å²) < 4.78 is 0. The molecule has 1 aromatic heterocycles. The third-order valence-electron chi connectivity index (χ3n) is 4.04. The Kier molecular flexibility index (Phi) is 4.27.